The second kappa shape index (κ2) is 3.88. The van der Waals surface area contributed by atoms with Crippen LogP contribution in [0.25, 0.3) is 0 Å². The molecule has 0 unspecified atom stereocenters. The molecule has 0 radical (unpaired) electrons. The molecule has 1 heterocycles. The first-order valence-corrected chi connectivity index (χ1v) is 4.01. The molecule has 0 aliphatic heterocycles. The molecule has 1 rings (SSSR count). The monoisotopic (exact) mass is 187 g/mol. The Balaban J connectivity index is 2.94. The summed E-state index contributed by atoms with van der Waals surface area (Å²) in [6, 6.07) is 0. The molecule has 0 amide bonds. The van der Waals surface area contributed by atoms with Crippen LogP contribution in [0, 0.1) is 0 Å². The van der Waals surface area contributed by atoms with Crippen molar-refractivity contribution in [2.24, 2.45) is 0 Å². The maximum absolute atomic E-state index is 10.8. The Morgan fingerprint density at radius 3 is 2.92 bits per heavy atom. The molecule has 0 aromatic carbocycles. The number of carboxylic acid groups (broad SMARTS) is 1. The Kier molecular flexibility index (Phi) is 2.84. The molecular weight excluding hydrogens is 176 g/mol. The summed E-state index contributed by atoms with van der Waals surface area (Å²) in [5.41, 5.74) is -1.20. The standard InChI is InChI=1S/C7H10N2O4/c1-2-3-4-9-5(6(10)11)7(12)13-8-9/h2-4H2,1H3,(H-,8,10,11,12)/p+1. The third-order valence-corrected chi connectivity index (χ3v) is 1.65. The number of unbranched alkanes of at least 4 members (excludes halogenated alkanes) is 1. The average Bonchev–Trinajstić information content (AvgIpc) is 2.43. The van der Waals surface area contributed by atoms with E-state index >= 15 is 0 Å². The normalized spacial score (nSPS) is 10.2. The van der Waals surface area contributed by atoms with E-state index in [0.29, 0.717) is 6.54 Å². The number of carbonyl (C=O) groups is 1. The first-order chi connectivity index (χ1) is 6.16. The number of nitrogens with zero attached hydrogens (tertiary/aromatic N) is 1. The van der Waals surface area contributed by atoms with Gasteiger partial charge in [0.05, 0.1) is 0 Å². The van der Waals surface area contributed by atoms with Gasteiger partial charge in [0.15, 0.2) is 6.54 Å². The highest BCUT2D eigenvalue weighted by Crippen LogP contribution is 1.87. The molecule has 0 fully saturated rings. The number of aromatic carboxylic acids is 1. The Morgan fingerprint density at radius 1 is 1.69 bits per heavy atom. The minimum atomic E-state index is -1.27. The fourth-order valence-corrected chi connectivity index (χ4v) is 0.977. The Hall–Kier alpha value is -1.59. The van der Waals surface area contributed by atoms with Crippen molar-refractivity contribution in [3.05, 3.63) is 16.1 Å². The van der Waals surface area contributed by atoms with Crippen molar-refractivity contribution in [3.63, 3.8) is 0 Å². The van der Waals surface area contributed by atoms with E-state index in [1.165, 1.54) is 4.68 Å². The molecule has 2 N–H and O–H groups in total. The summed E-state index contributed by atoms with van der Waals surface area (Å²) in [5.74, 6) is -1.27. The van der Waals surface area contributed by atoms with Crippen LogP contribution in [0.1, 0.15) is 30.3 Å². The molecule has 13 heavy (non-hydrogen) atoms. The number of hydrogen-bond donors (Lipinski definition) is 2. The molecule has 0 bridgehead atoms. The van der Waals surface area contributed by atoms with Crippen molar-refractivity contribution in [3.8, 4) is 0 Å². The maximum atomic E-state index is 10.8. The van der Waals surface area contributed by atoms with E-state index < -0.39 is 11.6 Å². The van der Waals surface area contributed by atoms with E-state index in [0.717, 1.165) is 12.8 Å². The van der Waals surface area contributed by atoms with Crippen LogP contribution in [0.4, 0.5) is 0 Å². The summed E-state index contributed by atoms with van der Waals surface area (Å²) in [4.78, 5) is 21.4. The van der Waals surface area contributed by atoms with E-state index in [2.05, 4.69) is 9.79 Å². The lowest BCUT2D eigenvalue weighted by atomic mass is 10.3. The molecule has 1 aromatic heterocycles. The summed E-state index contributed by atoms with van der Waals surface area (Å²) in [6.07, 6.45) is 1.71. The summed E-state index contributed by atoms with van der Waals surface area (Å²) >= 11 is 0. The van der Waals surface area contributed by atoms with Gasteiger partial charge in [-0.25, -0.2) is 9.59 Å². The van der Waals surface area contributed by atoms with Crippen molar-refractivity contribution in [2.75, 3.05) is 0 Å². The van der Waals surface area contributed by atoms with Gasteiger partial charge in [0.25, 0.3) is 0 Å². The molecule has 0 aliphatic rings. The lowest BCUT2D eigenvalue weighted by molar-refractivity contribution is -0.764. The van der Waals surface area contributed by atoms with Crippen LogP contribution >= 0.6 is 0 Å². The second-order valence-corrected chi connectivity index (χ2v) is 2.64. The third kappa shape index (κ3) is 1.95. The van der Waals surface area contributed by atoms with E-state index in [4.69, 9.17) is 5.11 Å². The third-order valence-electron chi connectivity index (χ3n) is 1.65. The molecule has 6 heteroatoms. The van der Waals surface area contributed by atoms with Gasteiger partial charge in [0, 0.05) is 6.42 Å². The zero-order valence-electron chi connectivity index (χ0n) is 7.24. The molecule has 0 saturated carbocycles. The number of aryl methyl sites for hydroxylation is 1. The van der Waals surface area contributed by atoms with Gasteiger partial charge in [-0.2, -0.15) is 0 Å². The predicted molar refractivity (Wildman–Crippen MR) is 41.4 cm³/mol. The van der Waals surface area contributed by atoms with Gasteiger partial charge in [0.1, 0.15) is 0 Å². The first-order valence-electron chi connectivity index (χ1n) is 4.01. The van der Waals surface area contributed by atoms with E-state index in [-0.39, 0.29) is 5.69 Å². The lowest BCUT2D eigenvalue weighted by Crippen LogP contribution is -2.43. The molecule has 0 atom stereocenters. The quantitative estimate of drug-likeness (QED) is 0.636. The second-order valence-electron chi connectivity index (χ2n) is 2.64. The highest BCUT2D eigenvalue weighted by Gasteiger charge is 2.27. The molecule has 0 saturated heterocycles. The first kappa shape index (κ1) is 9.50. The van der Waals surface area contributed by atoms with Crippen LogP contribution in [0.2, 0.25) is 0 Å². The summed E-state index contributed by atoms with van der Waals surface area (Å²) in [6.45, 7) is 2.42. The summed E-state index contributed by atoms with van der Waals surface area (Å²) < 4.78 is 5.56. The molecular formula is C7H11N2O4+. The molecule has 72 valence electrons. The van der Waals surface area contributed by atoms with E-state index in [1.54, 1.807) is 0 Å². The summed E-state index contributed by atoms with van der Waals surface area (Å²) in [7, 11) is 0. The van der Waals surface area contributed by atoms with Gasteiger partial charge in [-0.3, -0.25) is 4.52 Å². The largest absolute Gasteiger partial charge is 0.473 e. The van der Waals surface area contributed by atoms with Gasteiger partial charge in [-0.05, 0) is 5.27 Å². The van der Waals surface area contributed by atoms with Gasteiger partial charge in [-0.1, -0.05) is 18.0 Å². The number of hydrogen-bond acceptors (Lipinski definition) is 3. The van der Waals surface area contributed by atoms with Gasteiger partial charge < -0.3 is 5.11 Å². The van der Waals surface area contributed by atoms with Crippen molar-refractivity contribution >= 4 is 5.97 Å². The Labute approximate surface area is 73.7 Å². The molecule has 0 spiro atoms. The number of aromatic nitrogens is 2. The van der Waals surface area contributed by atoms with Crippen LogP contribution in [-0.2, 0) is 6.54 Å². The Morgan fingerprint density at radius 2 is 2.38 bits per heavy atom. The van der Waals surface area contributed by atoms with Gasteiger partial charge in [0.2, 0.25) is 0 Å². The minimum Gasteiger partial charge on any atom is -0.473 e. The fourth-order valence-electron chi connectivity index (χ4n) is 0.977. The molecule has 1 aromatic rings. The van der Waals surface area contributed by atoms with Gasteiger partial charge >= 0.3 is 17.3 Å². The number of rotatable bonds is 4. The number of carboxylic acids is 1. The van der Waals surface area contributed by atoms with Crippen molar-refractivity contribution < 1.29 is 19.1 Å². The van der Waals surface area contributed by atoms with E-state index in [1.807, 2.05) is 6.92 Å². The van der Waals surface area contributed by atoms with Crippen molar-refractivity contribution in [1.82, 2.24) is 5.27 Å². The van der Waals surface area contributed by atoms with Gasteiger partial charge in [-0.15, -0.1) is 0 Å². The topological polar surface area (TPSA) is 87.2 Å². The zero-order chi connectivity index (χ0) is 9.84. The SMILES string of the molecule is CCCC[n+]1[nH]oc(=O)c1C(=O)O. The van der Waals surface area contributed by atoms with Crippen LogP contribution in [0.3, 0.4) is 0 Å². The minimum absolute atomic E-state index is 0.353. The number of aromatic amines is 1. The fraction of sp³-hybridized carbons (Fsp3) is 0.571. The lowest BCUT2D eigenvalue weighted by Gasteiger charge is -1.88. The van der Waals surface area contributed by atoms with Crippen LogP contribution in [0.15, 0.2) is 9.32 Å². The smallest absolute Gasteiger partial charge is 0.442 e. The van der Waals surface area contributed by atoms with Crippen LogP contribution in [0.5, 0.6) is 0 Å². The molecule has 6 nitrogen and oxygen atoms in total. The predicted octanol–water partition coefficient (Wildman–Crippen LogP) is -0.246. The maximum Gasteiger partial charge on any atom is 0.442 e. The van der Waals surface area contributed by atoms with E-state index in [9.17, 15) is 9.59 Å². The average molecular weight is 187 g/mol. The highest BCUT2D eigenvalue weighted by atomic mass is 16.5. The van der Waals surface area contributed by atoms with Crippen molar-refractivity contribution in [2.45, 2.75) is 26.3 Å². The summed E-state index contributed by atoms with van der Waals surface area (Å²) in [5, 5.41) is 10.9. The zero-order valence-corrected chi connectivity index (χ0v) is 7.24. The van der Waals surface area contributed by atoms with Crippen LogP contribution in [-0.4, -0.2) is 16.3 Å². The number of nitrogens with one attached hydrogen (secondary N) is 1. The number of H-pyrrole nitrogens is 1. The highest BCUT2D eigenvalue weighted by molar-refractivity contribution is 5.82. The Bertz CT molecular complexity index is 352. The molecule has 0 aliphatic carbocycles. The van der Waals surface area contributed by atoms with Crippen LogP contribution < -0.4 is 10.3 Å². The van der Waals surface area contributed by atoms with Crippen molar-refractivity contribution in [1.29, 1.82) is 0 Å².